The number of morpholine rings is 1. The minimum atomic E-state index is 0.231. The van der Waals surface area contributed by atoms with E-state index in [1.807, 2.05) is 30.3 Å². The average Bonchev–Trinajstić information content (AvgIpc) is 2.29. The van der Waals surface area contributed by atoms with Crippen molar-refractivity contribution in [2.24, 2.45) is 0 Å². The first-order chi connectivity index (χ1) is 8.15. The SMILES string of the molecule is C[C@@H]1CN(C(=S)Nc2ccccc2)C[C@@H](C)O1. The molecule has 1 N–H and O–H groups in total. The smallest absolute Gasteiger partial charge is 0.173 e. The summed E-state index contributed by atoms with van der Waals surface area (Å²) in [6.45, 7) is 5.85. The summed E-state index contributed by atoms with van der Waals surface area (Å²) in [5.41, 5.74) is 1.03. The van der Waals surface area contributed by atoms with Gasteiger partial charge in [0.15, 0.2) is 5.11 Å². The predicted octanol–water partition coefficient (Wildman–Crippen LogP) is 2.49. The van der Waals surface area contributed by atoms with Crippen molar-refractivity contribution in [3.05, 3.63) is 30.3 Å². The number of para-hydroxylation sites is 1. The first-order valence-corrected chi connectivity index (χ1v) is 6.32. The molecule has 92 valence electrons. The van der Waals surface area contributed by atoms with Crippen LogP contribution in [0.5, 0.6) is 0 Å². The minimum Gasteiger partial charge on any atom is -0.372 e. The molecular weight excluding hydrogens is 232 g/mol. The Hall–Kier alpha value is -1.13. The predicted molar refractivity (Wildman–Crippen MR) is 74.2 cm³/mol. The first-order valence-electron chi connectivity index (χ1n) is 5.91. The van der Waals surface area contributed by atoms with Gasteiger partial charge in [-0.15, -0.1) is 0 Å². The van der Waals surface area contributed by atoms with Gasteiger partial charge in [-0.2, -0.15) is 0 Å². The molecule has 0 aromatic heterocycles. The van der Waals surface area contributed by atoms with Crippen LogP contribution < -0.4 is 5.32 Å². The van der Waals surface area contributed by atoms with Crippen LogP contribution in [0.1, 0.15) is 13.8 Å². The van der Waals surface area contributed by atoms with E-state index in [1.54, 1.807) is 0 Å². The number of anilines is 1. The van der Waals surface area contributed by atoms with E-state index >= 15 is 0 Å². The van der Waals surface area contributed by atoms with Crippen molar-refractivity contribution in [1.29, 1.82) is 0 Å². The number of ether oxygens (including phenoxy) is 1. The van der Waals surface area contributed by atoms with Gasteiger partial charge in [-0.25, -0.2) is 0 Å². The summed E-state index contributed by atoms with van der Waals surface area (Å²) in [5, 5.41) is 4.03. The van der Waals surface area contributed by atoms with Gasteiger partial charge in [0, 0.05) is 18.8 Å². The Morgan fingerprint density at radius 1 is 1.24 bits per heavy atom. The molecule has 1 aliphatic heterocycles. The second-order valence-electron chi connectivity index (χ2n) is 4.46. The van der Waals surface area contributed by atoms with E-state index in [4.69, 9.17) is 17.0 Å². The number of thiocarbonyl (C=S) groups is 1. The van der Waals surface area contributed by atoms with Crippen LogP contribution in [0.3, 0.4) is 0 Å². The highest BCUT2D eigenvalue weighted by Crippen LogP contribution is 2.13. The van der Waals surface area contributed by atoms with Crippen LogP contribution in [-0.2, 0) is 4.74 Å². The molecule has 0 unspecified atom stereocenters. The van der Waals surface area contributed by atoms with E-state index in [-0.39, 0.29) is 12.2 Å². The van der Waals surface area contributed by atoms with Crippen molar-refractivity contribution in [3.8, 4) is 0 Å². The molecule has 0 amide bonds. The second kappa shape index (κ2) is 5.47. The molecule has 1 aliphatic rings. The highest BCUT2D eigenvalue weighted by molar-refractivity contribution is 7.80. The summed E-state index contributed by atoms with van der Waals surface area (Å²) >= 11 is 5.42. The fraction of sp³-hybridized carbons (Fsp3) is 0.462. The number of hydrogen-bond acceptors (Lipinski definition) is 2. The van der Waals surface area contributed by atoms with Gasteiger partial charge < -0.3 is 15.0 Å². The summed E-state index contributed by atoms with van der Waals surface area (Å²) in [6, 6.07) is 10.0. The zero-order chi connectivity index (χ0) is 12.3. The fourth-order valence-corrected chi connectivity index (χ4v) is 2.33. The van der Waals surface area contributed by atoms with Gasteiger partial charge in [0.05, 0.1) is 12.2 Å². The Labute approximate surface area is 108 Å². The highest BCUT2D eigenvalue weighted by atomic mass is 32.1. The third-order valence-corrected chi connectivity index (χ3v) is 3.09. The molecule has 1 aromatic carbocycles. The van der Waals surface area contributed by atoms with Gasteiger partial charge in [0.2, 0.25) is 0 Å². The lowest BCUT2D eigenvalue weighted by molar-refractivity contribution is -0.0473. The lowest BCUT2D eigenvalue weighted by Crippen LogP contribution is -2.49. The Kier molecular flexibility index (Phi) is 3.97. The number of benzene rings is 1. The van der Waals surface area contributed by atoms with Crippen molar-refractivity contribution in [2.45, 2.75) is 26.1 Å². The zero-order valence-electron chi connectivity index (χ0n) is 10.2. The maximum Gasteiger partial charge on any atom is 0.173 e. The largest absolute Gasteiger partial charge is 0.372 e. The molecule has 4 heteroatoms. The maximum absolute atomic E-state index is 5.69. The number of rotatable bonds is 1. The standard InChI is InChI=1S/C13H18N2OS/c1-10-8-15(9-11(2)16-10)13(17)14-12-6-4-3-5-7-12/h3-7,10-11H,8-9H2,1-2H3,(H,14,17)/t10-,11-/m1/s1. The van der Waals surface area contributed by atoms with Crippen LogP contribution in [-0.4, -0.2) is 35.3 Å². The molecule has 1 heterocycles. The number of hydrogen-bond donors (Lipinski definition) is 1. The van der Waals surface area contributed by atoms with E-state index in [0.29, 0.717) is 0 Å². The molecule has 0 bridgehead atoms. The van der Waals surface area contributed by atoms with Crippen molar-refractivity contribution in [2.75, 3.05) is 18.4 Å². The highest BCUT2D eigenvalue weighted by Gasteiger charge is 2.23. The molecule has 0 spiro atoms. The van der Waals surface area contributed by atoms with E-state index in [9.17, 15) is 0 Å². The van der Waals surface area contributed by atoms with Gasteiger partial charge in [-0.3, -0.25) is 0 Å². The van der Waals surface area contributed by atoms with E-state index in [2.05, 4.69) is 24.1 Å². The normalized spacial score (nSPS) is 24.5. The maximum atomic E-state index is 5.69. The molecule has 1 saturated heterocycles. The van der Waals surface area contributed by atoms with Crippen LogP contribution in [0.4, 0.5) is 5.69 Å². The average molecular weight is 250 g/mol. The zero-order valence-corrected chi connectivity index (χ0v) is 11.0. The minimum absolute atomic E-state index is 0.231. The summed E-state index contributed by atoms with van der Waals surface area (Å²) < 4.78 is 5.69. The van der Waals surface area contributed by atoms with Crippen molar-refractivity contribution in [1.82, 2.24) is 4.90 Å². The van der Waals surface area contributed by atoms with Gasteiger partial charge in [0.1, 0.15) is 0 Å². The van der Waals surface area contributed by atoms with Gasteiger partial charge in [-0.1, -0.05) is 18.2 Å². The second-order valence-corrected chi connectivity index (χ2v) is 4.85. The first kappa shape index (κ1) is 12.3. The van der Waals surface area contributed by atoms with Crippen LogP contribution in [0.2, 0.25) is 0 Å². The van der Waals surface area contributed by atoms with Gasteiger partial charge in [-0.05, 0) is 38.2 Å². The van der Waals surface area contributed by atoms with Crippen LogP contribution in [0.15, 0.2) is 30.3 Å². The topological polar surface area (TPSA) is 24.5 Å². The molecule has 0 saturated carbocycles. The molecule has 17 heavy (non-hydrogen) atoms. The number of nitrogens with one attached hydrogen (secondary N) is 1. The lowest BCUT2D eigenvalue weighted by atomic mass is 10.2. The van der Waals surface area contributed by atoms with Crippen LogP contribution in [0.25, 0.3) is 0 Å². The summed E-state index contributed by atoms with van der Waals surface area (Å²) in [7, 11) is 0. The molecule has 3 nitrogen and oxygen atoms in total. The Balaban J connectivity index is 1.96. The monoisotopic (exact) mass is 250 g/mol. The Morgan fingerprint density at radius 3 is 2.41 bits per heavy atom. The van der Waals surface area contributed by atoms with Gasteiger partial charge in [0.25, 0.3) is 0 Å². The third-order valence-electron chi connectivity index (χ3n) is 2.73. The molecule has 2 rings (SSSR count). The molecular formula is C13H18N2OS. The molecule has 2 atom stereocenters. The molecule has 1 aromatic rings. The van der Waals surface area contributed by atoms with Crippen molar-refractivity contribution in [3.63, 3.8) is 0 Å². The fourth-order valence-electron chi connectivity index (χ4n) is 2.07. The number of nitrogens with zero attached hydrogens (tertiary/aromatic N) is 1. The Bertz CT molecular complexity index is 372. The molecule has 0 aliphatic carbocycles. The van der Waals surface area contributed by atoms with Gasteiger partial charge >= 0.3 is 0 Å². The van der Waals surface area contributed by atoms with Crippen LogP contribution >= 0.6 is 12.2 Å². The van der Waals surface area contributed by atoms with Crippen molar-refractivity contribution < 1.29 is 4.74 Å². The molecule has 0 radical (unpaired) electrons. The third kappa shape index (κ3) is 3.41. The molecule has 1 fully saturated rings. The lowest BCUT2D eigenvalue weighted by Gasteiger charge is -2.36. The summed E-state index contributed by atoms with van der Waals surface area (Å²) in [5.74, 6) is 0. The Morgan fingerprint density at radius 2 is 1.82 bits per heavy atom. The van der Waals surface area contributed by atoms with E-state index in [0.717, 1.165) is 23.9 Å². The van der Waals surface area contributed by atoms with Crippen molar-refractivity contribution >= 4 is 23.0 Å². The summed E-state index contributed by atoms with van der Waals surface area (Å²) in [6.07, 6.45) is 0.462. The van der Waals surface area contributed by atoms with Crippen LogP contribution in [0, 0.1) is 0 Å². The van der Waals surface area contributed by atoms with E-state index < -0.39 is 0 Å². The quantitative estimate of drug-likeness (QED) is 0.774. The van der Waals surface area contributed by atoms with E-state index in [1.165, 1.54) is 0 Å². The summed E-state index contributed by atoms with van der Waals surface area (Å²) in [4.78, 5) is 2.17.